The maximum Gasteiger partial charge on any atom is 0.123 e. The van der Waals surface area contributed by atoms with E-state index in [-0.39, 0.29) is 11.9 Å². The Kier molecular flexibility index (Phi) is 3.38. The van der Waals surface area contributed by atoms with Gasteiger partial charge in [-0.15, -0.1) is 0 Å². The summed E-state index contributed by atoms with van der Waals surface area (Å²) in [5.74, 6) is 0.917. The summed E-state index contributed by atoms with van der Waals surface area (Å²) in [7, 11) is 0. The fraction of sp³-hybridized carbons (Fsp3) is 0.375. The molecule has 3 rings (SSSR count). The Labute approximate surface area is 112 Å². The Hall–Kier alpha value is -1.61. The summed E-state index contributed by atoms with van der Waals surface area (Å²) in [4.78, 5) is 0. The van der Waals surface area contributed by atoms with E-state index in [0.29, 0.717) is 6.04 Å². The van der Waals surface area contributed by atoms with Crippen LogP contribution in [0.3, 0.4) is 0 Å². The van der Waals surface area contributed by atoms with Crippen molar-refractivity contribution in [2.75, 3.05) is 0 Å². The topological polar surface area (TPSA) is 25.2 Å². The molecule has 1 aliphatic carbocycles. The van der Waals surface area contributed by atoms with Crippen LogP contribution in [0.4, 0.5) is 4.39 Å². The van der Waals surface area contributed by atoms with Crippen LogP contribution in [0, 0.1) is 5.82 Å². The van der Waals surface area contributed by atoms with Gasteiger partial charge >= 0.3 is 0 Å². The van der Waals surface area contributed by atoms with E-state index >= 15 is 0 Å². The van der Waals surface area contributed by atoms with Crippen molar-refractivity contribution < 1.29 is 8.81 Å². The first-order valence-electron chi connectivity index (χ1n) is 6.82. The zero-order valence-corrected chi connectivity index (χ0v) is 11.0. The third kappa shape index (κ3) is 2.56. The third-order valence-electron chi connectivity index (χ3n) is 3.87. The first-order chi connectivity index (χ1) is 9.24. The van der Waals surface area contributed by atoms with Crippen LogP contribution in [0.2, 0.25) is 0 Å². The van der Waals surface area contributed by atoms with Gasteiger partial charge in [0.25, 0.3) is 0 Å². The number of hydrogen-bond donors (Lipinski definition) is 1. The van der Waals surface area contributed by atoms with Crippen molar-refractivity contribution in [3.05, 3.63) is 59.3 Å². The molecule has 1 unspecified atom stereocenters. The number of benzene rings is 1. The molecule has 1 heterocycles. The summed E-state index contributed by atoms with van der Waals surface area (Å²) in [5, 5.41) is 3.61. The average Bonchev–Trinajstić information content (AvgIpc) is 2.89. The van der Waals surface area contributed by atoms with Crippen LogP contribution in [0.15, 0.2) is 41.0 Å². The predicted molar refractivity (Wildman–Crippen MR) is 72.3 cm³/mol. The second-order valence-electron chi connectivity index (χ2n) is 5.18. The van der Waals surface area contributed by atoms with Gasteiger partial charge < -0.3 is 9.73 Å². The lowest BCUT2D eigenvalue weighted by molar-refractivity contribution is 0.385. The molecule has 0 fully saturated rings. The van der Waals surface area contributed by atoms with Gasteiger partial charge in [-0.25, -0.2) is 4.39 Å². The van der Waals surface area contributed by atoms with E-state index in [1.54, 1.807) is 6.26 Å². The highest BCUT2D eigenvalue weighted by Gasteiger charge is 2.23. The fourth-order valence-electron chi connectivity index (χ4n) is 2.81. The molecule has 1 N–H and O–H groups in total. The molecule has 1 aromatic heterocycles. The Bertz CT molecular complexity index is 546. The molecular formula is C16H18FNO. The largest absolute Gasteiger partial charge is 0.469 e. The maximum atomic E-state index is 12.9. The van der Waals surface area contributed by atoms with Gasteiger partial charge in [-0.1, -0.05) is 12.1 Å². The van der Waals surface area contributed by atoms with Crippen LogP contribution >= 0.6 is 0 Å². The molecule has 2 nitrogen and oxygen atoms in total. The van der Waals surface area contributed by atoms with Crippen molar-refractivity contribution in [3.63, 3.8) is 0 Å². The van der Waals surface area contributed by atoms with Crippen LogP contribution in [-0.2, 0) is 6.42 Å². The smallest absolute Gasteiger partial charge is 0.123 e. The molecule has 0 saturated heterocycles. The summed E-state index contributed by atoms with van der Waals surface area (Å²) in [6.07, 6.45) is 5.07. The lowest BCUT2D eigenvalue weighted by Crippen LogP contribution is -2.27. The summed E-state index contributed by atoms with van der Waals surface area (Å²) in [5.41, 5.74) is 2.39. The van der Waals surface area contributed by atoms with E-state index in [9.17, 15) is 4.39 Å². The van der Waals surface area contributed by atoms with Gasteiger partial charge in [0, 0.05) is 24.1 Å². The van der Waals surface area contributed by atoms with E-state index < -0.39 is 0 Å². The molecule has 3 heteroatoms. The van der Waals surface area contributed by atoms with Crippen molar-refractivity contribution in [3.8, 4) is 0 Å². The molecule has 0 saturated carbocycles. The molecule has 2 atom stereocenters. The molecule has 0 aliphatic heterocycles. The Morgan fingerprint density at radius 3 is 2.84 bits per heavy atom. The summed E-state index contributed by atoms with van der Waals surface area (Å²) in [6.45, 7) is 2.11. The normalized spacial score (nSPS) is 20.0. The zero-order valence-electron chi connectivity index (χ0n) is 11.0. The van der Waals surface area contributed by atoms with E-state index in [0.717, 1.165) is 30.6 Å². The highest BCUT2D eigenvalue weighted by atomic mass is 19.1. The highest BCUT2D eigenvalue weighted by molar-refractivity contribution is 5.26. The molecule has 1 aromatic carbocycles. The van der Waals surface area contributed by atoms with E-state index in [2.05, 4.69) is 18.3 Å². The van der Waals surface area contributed by atoms with Crippen LogP contribution < -0.4 is 5.32 Å². The molecule has 19 heavy (non-hydrogen) atoms. The molecule has 2 aromatic rings. The van der Waals surface area contributed by atoms with E-state index in [1.165, 1.54) is 17.7 Å². The van der Waals surface area contributed by atoms with Crippen molar-refractivity contribution in [1.29, 1.82) is 0 Å². The molecule has 0 radical (unpaired) electrons. The van der Waals surface area contributed by atoms with Gasteiger partial charge in [0.1, 0.15) is 11.6 Å². The SMILES string of the molecule is C[C@H](NC1CCCc2occc21)c1ccc(F)cc1. The van der Waals surface area contributed by atoms with Gasteiger partial charge in [0.15, 0.2) is 0 Å². The summed E-state index contributed by atoms with van der Waals surface area (Å²) < 4.78 is 18.4. The second kappa shape index (κ2) is 5.17. The first-order valence-corrected chi connectivity index (χ1v) is 6.82. The zero-order chi connectivity index (χ0) is 13.2. The molecule has 100 valence electrons. The number of rotatable bonds is 3. The molecule has 0 spiro atoms. The second-order valence-corrected chi connectivity index (χ2v) is 5.18. The molecule has 0 bridgehead atoms. The fourth-order valence-corrected chi connectivity index (χ4v) is 2.81. The van der Waals surface area contributed by atoms with Crippen molar-refractivity contribution in [1.82, 2.24) is 5.32 Å². The van der Waals surface area contributed by atoms with Gasteiger partial charge in [0.05, 0.1) is 6.26 Å². The van der Waals surface area contributed by atoms with E-state index in [4.69, 9.17) is 4.42 Å². The minimum atomic E-state index is -0.189. The predicted octanol–water partition coefficient (Wildman–Crippen LogP) is 4.15. The summed E-state index contributed by atoms with van der Waals surface area (Å²) >= 11 is 0. The number of aryl methyl sites for hydroxylation is 1. The first kappa shape index (κ1) is 12.4. The Morgan fingerprint density at radius 2 is 2.05 bits per heavy atom. The number of halogens is 1. The minimum Gasteiger partial charge on any atom is -0.469 e. The van der Waals surface area contributed by atoms with Gasteiger partial charge in [-0.3, -0.25) is 0 Å². The lowest BCUT2D eigenvalue weighted by atomic mass is 9.92. The van der Waals surface area contributed by atoms with Crippen molar-refractivity contribution >= 4 is 0 Å². The summed E-state index contributed by atoms with van der Waals surface area (Å²) in [6, 6.07) is 9.30. The van der Waals surface area contributed by atoms with Gasteiger partial charge in [-0.2, -0.15) is 0 Å². The maximum absolute atomic E-state index is 12.9. The standard InChI is InChI=1S/C16H18FNO/c1-11(12-5-7-13(17)8-6-12)18-15-3-2-4-16-14(15)9-10-19-16/h5-11,15,18H,2-4H2,1H3/t11-,15?/m0/s1. The quantitative estimate of drug-likeness (QED) is 0.895. The number of furan rings is 1. The minimum absolute atomic E-state index is 0.189. The van der Waals surface area contributed by atoms with Crippen LogP contribution in [0.25, 0.3) is 0 Å². The Balaban J connectivity index is 1.74. The lowest BCUT2D eigenvalue weighted by Gasteiger charge is -2.26. The average molecular weight is 259 g/mol. The molecule has 1 aliphatic rings. The van der Waals surface area contributed by atoms with Gasteiger partial charge in [0.2, 0.25) is 0 Å². The molecule has 0 amide bonds. The van der Waals surface area contributed by atoms with Gasteiger partial charge in [-0.05, 0) is 43.5 Å². The molecular weight excluding hydrogens is 241 g/mol. The van der Waals surface area contributed by atoms with Crippen LogP contribution in [-0.4, -0.2) is 0 Å². The number of fused-ring (bicyclic) bond motifs is 1. The Morgan fingerprint density at radius 1 is 1.26 bits per heavy atom. The van der Waals surface area contributed by atoms with Crippen molar-refractivity contribution in [2.45, 2.75) is 38.3 Å². The monoisotopic (exact) mass is 259 g/mol. The third-order valence-corrected chi connectivity index (χ3v) is 3.87. The van der Waals surface area contributed by atoms with Crippen LogP contribution in [0.5, 0.6) is 0 Å². The van der Waals surface area contributed by atoms with Crippen LogP contribution in [0.1, 0.15) is 48.7 Å². The van der Waals surface area contributed by atoms with E-state index in [1.807, 2.05) is 12.1 Å². The van der Waals surface area contributed by atoms with Crippen molar-refractivity contribution in [2.24, 2.45) is 0 Å². The number of hydrogen-bond acceptors (Lipinski definition) is 2. The highest BCUT2D eigenvalue weighted by Crippen LogP contribution is 2.32. The number of nitrogens with one attached hydrogen (secondary N) is 1.